The first kappa shape index (κ1) is 18.8. The topological polar surface area (TPSA) is 50.8 Å². The highest BCUT2D eigenvalue weighted by Gasteiger charge is 2.04. The Balaban J connectivity index is 1.73. The van der Waals surface area contributed by atoms with Gasteiger partial charge in [0.15, 0.2) is 6.61 Å². The molecule has 0 aliphatic heterocycles. The molecule has 2 aromatic rings. The lowest BCUT2D eigenvalue weighted by Crippen LogP contribution is -2.28. The zero-order valence-electron chi connectivity index (χ0n) is 15.1. The summed E-state index contributed by atoms with van der Waals surface area (Å²) in [6.07, 6.45) is 0. The largest absolute Gasteiger partial charge is 0.494 e. The van der Waals surface area contributed by atoms with E-state index in [2.05, 4.69) is 22.3 Å². The van der Waals surface area contributed by atoms with Crippen LogP contribution in [-0.2, 0) is 17.9 Å². The Labute approximate surface area is 149 Å². The van der Waals surface area contributed by atoms with Crippen LogP contribution in [0.1, 0.15) is 18.1 Å². The maximum absolute atomic E-state index is 11.9. The van der Waals surface area contributed by atoms with Crippen LogP contribution in [0.3, 0.4) is 0 Å². The molecule has 1 amide bonds. The minimum absolute atomic E-state index is 0.00725. The molecule has 0 aliphatic rings. The van der Waals surface area contributed by atoms with Gasteiger partial charge in [-0.25, -0.2) is 0 Å². The molecule has 0 saturated heterocycles. The predicted molar refractivity (Wildman–Crippen MR) is 98.8 cm³/mol. The van der Waals surface area contributed by atoms with Gasteiger partial charge in [-0.1, -0.05) is 24.3 Å². The van der Waals surface area contributed by atoms with E-state index >= 15 is 0 Å². The zero-order valence-corrected chi connectivity index (χ0v) is 15.1. The number of rotatable bonds is 9. The number of nitrogens with zero attached hydrogens (tertiary/aromatic N) is 1. The molecule has 134 valence electrons. The second-order valence-electron chi connectivity index (χ2n) is 6.02. The van der Waals surface area contributed by atoms with E-state index in [1.807, 2.05) is 45.3 Å². The fraction of sp³-hybridized carbons (Fsp3) is 0.350. The Morgan fingerprint density at radius 2 is 1.48 bits per heavy atom. The predicted octanol–water partition coefficient (Wildman–Crippen LogP) is 2.84. The lowest BCUT2D eigenvalue weighted by molar-refractivity contribution is -0.123. The molecule has 0 atom stereocenters. The van der Waals surface area contributed by atoms with Crippen molar-refractivity contribution in [2.75, 3.05) is 27.3 Å². The number of carbonyl (C=O) groups is 1. The molecule has 0 saturated carbocycles. The lowest BCUT2D eigenvalue weighted by atomic mass is 10.1. The van der Waals surface area contributed by atoms with E-state index in [0.717, 1.165) is 17.9 Å². The van der Waals surface area contributed by atoms with Crippen molar-refractivity contribution in [1.29, 1.82) is 0 Å². The summed E-state index contributed by atoms with van der Waals surface area (Å²) >= 11 is 0. The van der Waals surface area contributed by atoms with Gasteiger partial charge in [0, 0.05) is 13.1 Å². The second kappa shape index (κ2) is 9.69. The highest BCUT2D eigenvalue weighted by molar-refractivity contribution is 5.77. The van der Waals surface area contributed by atoms with Crippen molar-refractivity contribution < 1.29 is 14.3 Å². The van der Waals surface area contributed by atoms with Crippen molar-refractivity contribution in [3.05, 3.63) is 59.7 Å². The van der Waals surface area contributed by atoms with E-state index in [9.17, 15) is 4.79 Å². The van der Waals surface area contributed by atoms with Gasteiger partial charge in [-0.15, -0.1) is 0 Å². The molecule has 1 N–H and O–H groups in total. The average molecular weight is 342 g/mol. The molecule has 0 aliphatic carbocycles. The second-order valence-corrected chi connectivity index (χ2v) is 6.02. The Hall–Kier alpha value is -2.53. The summed E-state index contributed by atoms with van der Waals surface area (Å²) in [4.78, 5) is 14.0. The van der Waals surface area contributed by atoms with Crippen LogP contribution in [0.25, 0.3) is 0 Å². The van der Waals surface area contributed by atoms with Crippen LogP contribution in [0.5, 0.6) is 11.5 Å². The van der Waals surface area contributed by atoms with Gasteiger partial charge in [-0.3, -0.25) is 4.79 Å². The Kier molecular flexibility index (Phi) is 7.29. The number of nitrogens with one attached hydrogen (secondary N) is 1. The fourth-order valence-electron chi connectivity index (χ4n) is 2.33. The monoisotopic (exact) mass is 342 g/mol. The molecule has 0 unspecified atom stereocenters. The third-order valence-corrected chi connectivity index (χ3v) is 3.52. The molecule has 5 heteroatoms. The Morgan fingerprint density at radius 1 is 0.920 bits per heavy atom. The molecule has 5 nitrogen and oxygen atoms in total. The molecule has 0 radical (unpaired) electrons. The van der Waals surface area contributed by atoms with Crippen molar-refractivity contribution in [1.82, 2.24) is 10.2 Å². The van der Waals surface area contributed by atoms with Gasteiger partial charge in [0.05, 0.1) is 6.61 Å². The third kappa shape index (κ3) is 6.85. The van der Waals surface area contributed by atoms with Gasteiger partial charge < -0.3 is 19.7 Å². The van der Waals surface area contributed by atoms with E-state index in [1.165, 1.54) is 5.56 Å². The summed E-state index contributed by atoms with van der Waals surface area (Å²) in [6.45, 7) is 3.95. The molecule has 0 bridgehead atoms. The normalized spacial score (nSPS) is 10.6. The SMILES string of the molecule is CCOc1ccc(OCC(=O)NCc2ccc(CN(C)C)cc2)cc1. The summed E-state index contributed by atoms with van der Waals surface area (Å²) < 4.78 is 10.8. The maximum atomic E-state index is 11.9. The van der Waals surface area contributed by atoms with E-state index in [4.69, 9.17) is 9.47 Å². The Morgan fingerprint density at radius 3 is 2.04 bits per heavy atom. The smallest absolute Gasteiger partial charge is 0.258 e. The molecular formula is C20H26N2O3. The fourth-order valence-corrected chi connectivity index (χ4v) is 2.33. The number of amides is 1. The van der Waals surface area contributed by atoms with Crippen LogP contribution in [-0.4, -0.2) is 38.1 Å². The molecule has 0 fully saturated rings. The number of carbonyl (C=O) groups excluding carboxylic acids is 1. The van der Waals surface area contributed by atoms with Crippen molar-refractivity contribution >= 4 is 5.91 Å². The van der Waals surface area contributed by atoms with Crippen molar-refractivity contribution in [3.63, 3.8) is 0 Å². The summed E-state index contributed by atoms with van der Waals surface area (Å²) in [5, 5.41) is 2.86. The van der Waals surface area contributed by atoms with Crippen LogP contribution >= 0.6 is 0 Å². The van der Waals surface area contributed by atoms with E-state index in [0.29, 0.717) is 18.9 Å². The van der Waals surface area contributed by atoms with Crippen LogP contribution < -0.4 is 14.8 Å². The van der Waals surface area contributed by atoms with Gasteiger partial charge in [0.25, 0.3) is 5.91 Å². The average Bonchev–Trinajstić information content (AvgIpc) is 2.60. The first-order chi connectivity index (χ1) is 12.1. The van der Waals surface area contributed by atoms with Gasteiger partial charge in [0.2, 0.25) is 0 Å². The maximum Gasteiger partial charge on any atom is 0.258 e. The zero-order chi connectivity index (χ0) is 18.1. The summed E-state index contributed by atoms with van der Waals surface area (Å²) in [6, 6.07) is 15.5. The molecule has 0 spiro atoms. The summed E-state index contributed by atoms with van der Waals surface area (Å²) in [5.74, 6) is 1.29. The van der Waals surface area contributed by atoms with Crippen LogP contribution in [0.15, 0.2) is 48.5 Å². The molecule has 0 aromatic heterocycles. The Bertz CT molecular complexity index is 652. The van der Waals surface area contributed by atoms with Crippen LogP contribution in [0, 0.1) is 0 Å². The van der Waals surface area contributed by atoms with Gasteiger partial charge in [0.1, 0.15) is 11.5 Å². The van der Waals surface area contributed by atoms with Gasteiger partial charge in [-0.05, 0) is 56.4 Å². The number of hydrogen-bond donors (Lipinski definition) is 1. The van der Waals surface area contributed by atoms with Crippen LogP contribution in [0.2, 0.25) is 0 Å². The minimum Gasteiger partial charge on any atom is -0.494 e. The van der Waals surface area contributed by atoms with E-state index in [-0.39, 0.29) is 12.5 Å². The molecular weight excluding hydrogens is 316 g/mol. The van der Waals surface area contributed by atoms with Crippen LogP contribution in [0.4, 0.5) is 0 Å². The van der Waals surface area contributed by atoms with Crippen molar-refractivity contribution in [2.45, 2.75) is 20.0 Å². The molecule has 25 heavy (non-hydrogen) atoms. The number of benzene rings is 2. The first-order valence-electron chi connectivity index (χ1n) is 8.41. The molecule has 2 aromatic carbocycles. The minimum atomic E-state index is -0.147. The summed E-state index contributed by atoms with van der Waals surface area (Å²) in [5.41, 5.74) is 2.32. The van der Waals surface area contributed by atoms with Crippen molar-refractivity contribution in [2.24, 2.45) is 0 Å². The number of ether oxygens (including phenoxy) is 2. The first-order valence-corrected chi connectivity index (χ1v) is 8.41. The van der Waals surface area contributed by atoms with Gasteiger partial charge in [-0.2, -0.15) is 0 Å². The lowest BCUT2D eigenvalue weighted by Gasteiger charge is -2.11. The molecule has 2 rings (SSSR count). The number of hydrogen-bond acceptors (Lipinski definition) is 4. The highest BCUT2D eigenvalue weighted by atomic mass is 16.5. The third-order valence-electron chi connectivity index (χ3n) is 3.52. The quantitative estimate of drug-likeness (QED) is 0.761. The molecule has 0 heterocycles. The van der Waals surface area contributed by atoms with E-state index in [1.54, 1.807) is 12.1 Å². The summed E-state index contributed by atoms with van der Waals surface area (Å²) in [7, 11) is 4.08. The highest BCUT2D eigenvalue weighted by Crippen LogP contribution is 2.17. The van der Waals surface area contributed by atoms with Crippen molar-refractivity contribution in [3.8, 4) is 11.5 Å². The van der Waals surface area contributed by atoms with E-state index < -0.39 is 0 Å². The standard InChI is InChI=1S/C20H26N2O3/c1-4-24-18-9-11-19(12-10-18)25-15-20(23)21-13-16-5-7-17(8-6-16)14-22(2)3/h5-12H,4,13-15H2,1-3H3,(H,21,23). The van der Waals surface area contributed by atoms with Gasteiger partial charge >= 0.3 is 0 Å².